The van der Waals surface area contributed by atoms with Crippen molar-refractivity contribution < 1.29 is 4.74 Å². The zero-order valence-electron chi connectivity index (χ0n) is 11.3. The van der Waals surface area contributed by atoms with Crippen LogP contribution in [0.25, 0.3) is 0 Å². The van der Waals surface area contributed by atoms with Crippen LogP contribution in [0.15, 0.2) is 42.5 Å². The molecule has 0 aliphatic heterocycles. The van der Waals surface area contributed by atoms with E-state index in [1.807, 2.05) is 18.2 Å². The van der Waals surface area contributed by atoms with Gasteiger partial charge in [0.15, 0.2) is 0 Å². The molecule has 1 saturated carbocycles. The van der Waals surface area contributed by atoms with Gasteiger partial charge in [-0.3, -0.25) is 0 Å². The van der Waals surface area contributed by atoms with E-state index < -0.39 is 0 Å². The maximum Gasteiger partial charge on any atom is 0.0717 e. The lowest BCUT2D eigenvalue weighted by Crippen LogP contribution is -1.98. The molecule has 2 rings (SSSR count). The topological polar surface area (TPSA) is 33.0 Å². The van der Waals surface area contributed by atoms with E-state index in [4.69, 9.17) is 10.00 Å². The molecule has 2 unspecified atom stereocenters. The quantitative estimate of drug-likeness (QED) is 0.518. The summed E-state index contributed by atoms with van der Waals surface area (Å²) in [6.45, 7) is 1.58. The monoisotopic (exact) mass is 255 g/mol. The number of ether oxygens (including phenoxy) is 1. The molecule has 0 radical (unpaired) electrons. The van der Waals surface area contributed by atoms with Crippen molar-refractivity contribution in [2.24, 2.45) is 11.8 Å². The zero-order valence-corrected chi connectivity index (χ0v) is 11.3. The Morgan fingerprint density at radius 2 is 2.16 bits per heavy atom. The molecule has 2 nitrogen and oxygen atoms in total. The Balaban J connectivity index is 1.54. The van der Waals surface area contributed by atoms with Crippen molar-refractivity contribution in [2.75, 3.05) is 6.61 Å². The highest BCUT2D eigenvalue weighted by molar-refractivity contribution is 5.13. The molecular weight excluding hydrogens is 234 g/mol. The first kappa shape index (κ1) is 13.8. The SMILES string of the molecule is N#CCCC/C=C/C1CC1COCc1ccccc1. The largest absolute Gasteiger partial charge is 0.376 e. The van der Waals surface area contributed by atoms with Crippen molar-refractivity contribution in [3.63, 3.8) is 0 Å². The van der Waals surface area contributed by atoms with E-state index in [1.54, 1.807) is 0 Å². The van der Waals surface area contributed by atoms with Crippen LogP contribution in [0.1, 0.15) is 31.2 Å². The highest BCUT2D eigenvalue weighted by Crippen LogP contribution is 2.40. The Kier molecular flexibility index (Phi) is 5.65. The predicted octanol–water partition coefficient (Wildman–Crippen LogP) is 4.09. The average molecular weight is 255 g/mol. The zero-order chi connectivity index (χ0) is 13.3. The van der Waals surface area contributed by atoms with Crippen LogP contribution in [-0.2, 0) is 11.3 Å². The number of unbranched alkanes of at least 4 members (excludes halogenated alkanes) is 2. The van der Waals surface area contributed by atoms with Crippen LogP contribution in [-0.4, -0.2) is 6.61 Å². The van der Waals surface area contributed by atoms with Gasteiger partial charge >= 0.3 is 0 Å². The molecule has 0 spiro atoms. The van der Waals surface area contributed by atoms with Gasteiger partial charge in [0.25, 0.3) is 0 Å². The third kappa shape index (κ3) is 5.28. The summed E-state index contributed by atoms with van der Waals surface area (Å²) in [6.07, 6.45) is 8.45. The van der Waals surface area contributed by atoms with Crippen molar-refractivity contribution in [3.05, 3.63) is 48.0 Å². The third-order valence-electron chi connectivity index (χ3n) is 3.46. The number of nitrogens with zero attached hydrogens (tertiary/aromatic N) is 1. The Morgan fingerprint density at radius 1 is 1.32 bits per heavy atom. The predicted molar refractivity (Wildman–Crippen MR) is 76.3 cm³/mol. The summed E-state index contributed by atoms with van der Waals surface area (Å²) in [5, 5.41) is 8.43. The van der Waals surface area contributed by atoms with Gasteiger partial charge in [-0.15, -0.1) is 0 Å². The fourth-order valence-corrected chi connectivity index (χ4v) is 2.17. The van der Waals surface area contributed by atoms with E-state index >= 15 is 0 Å². The summed E-state index contributed by atoms with van der Waals surface area (Å²) in [6, 6.07) is 12.5. The molecule has 2 atom stereocenters. The van der Waals surface area contributed by atoms with Crippen molar-refractivity contribution >= 4 is 0 Å². The standard InChI is InChI=1S/C17H21NO/c18-11-7-2-1-6-10-16-12-17(16)14-19-13-15-8-4-3-5-9-15/h3-6,8-10,16-17H,1-2,7,12-14H2/b10-6+. The van der Waals surface area contributed by atoms with Crippen molar-refractivity contribution in [1.82, 2.24) is 0 Å². The number of hydrogen-bond donors (Lipinski definition) is 0. The minimum absolute atomic E-state index is 0.665. The first-order valence-corrected chi connectivity index (χ1v) is 7.05. The van der Waals surface area contributed by atoms with Gasteiger partial charge in [0.05, 0.1) is 19.3 Å². The Morgan fingerprint density at radius 3 is 2.95 bits per heavy atom. The molecule has 19 heavy (non-hydrogen) atoms. The molecule has 1 aromatic rings. The van der Waals surface area contributed by atoms with Crippen LogP contribution in [0.5, 0.6) is 0 Å². The molecule has 100 valence electrons. The third-order valence-corrected chi connectivity index (χ3v) is 3.46. The Bertz CT molecular complexity index is 432. The highest BCUT2D eigenvalue weighted by atomic mass is 16.5. The van der Waals surface area contributed by atoms with Gasteiger partial charge < -0.3 is 4.74 Å². The first-order valence-electron chi connectivity index (χ1n) is 7.05. The van der Waals surface area contributed by atoms with Crippen LogP contribution >= 0.6 is 0 Å². The van der Waals surface area contributed by atoms with Crippen LogP contribution in [0.4, 0.5) is 0 Å². The molecule has 0 amide bonds. The second kappa shape index (κ2) is 7.76. The second-order valence-corrected chi connectivity index (χ2v) is 5.14. The molecule has 1 fully saturated rings. The number of hydrogen-bond acceptors (Lipinski definition) is 2. The molecule has 1 aliphatic rings. The van der Waals surface area contributed by atoms with Crippen LogP contribution in [0.3, 0.4) is 0 Å². The van der Waals surface area contributed by atoms with E-state index in [-0.39, 0.29) is 0 Å². The molecule has 0 aromatic heterocycles. The van der Waals surface area contributed by atoms with Gasteiger partial charge in [-0.05, 0) is 36.7 Å². The summed E-state index contributed by atoms with van der Waals surface area (Å²) >= 11 is 0. The van der Waals surface area contributed by atoms with E-state index in [1.165, 1.54) is 12.0 Å². The number of allylic oxidation sites excluding steroid dienone is 2. The maximum absolute atomic E-state index is 8.43. The second-order valence-electron chi connectivity index (χ2n) is 5.14. The van der Waals surface area contributed by atoms with Crippen molar-refractivity contribution in [2.45, 2.75) is 32.3 Å². The molecule has 1 aromatic carbocycles. The minimum atomic E-state index is 0.665. The normalized spacial score (nSPS) is 21.4. The van der Waals surface area contributed by atoms with Crippen molar-refractivity contribution in [1.29, 1.82) is 5.26 Å². The van der Waals surface area contributed by atoms with Crippen molar-refractivity contribution in [3.8, 4) is 6.07 Å². The lowest BCUT2D eigenvalue weighted by atomic mass is 10.2. The van der Waals surface area contributed by atoms with E-state index in [2.05, 4.69) is 30.4 Å². The van der Waals surface area contributed by atoms with Gasteiger partial charge in [0.1, 0.15) is 0 Å². The van der Waals surface area contributed by atoms with Gasteiger partial charge in [-0.2, -0.15) is 5.26 Å². The summed E-state index contributed by atoms with van der Waals surface area (Å²) in [5.74, 6) is 1.41. The molecule has 0 heterocycles. The summed E-state index contributed by atoms with van der Waals surface area (Å²) in [7, 11) is 0. The summed E-state index contributed by atoms with van der Waals surface area (Å²) in [4.78, 5) is 0. The fourth-order valence-electron chi connectivity index (χ4n) is 2.17. The number of benzene rings is 1. The molecule has 1 aliphatic carbocycles. The lowest BCUT2D eigenvalue weighted by Gasteiger charge is -2.02. The van der Waals surface area contributed by atoms with Crippen LogP contribution in [0.2, 0.25) is 0 Å². The van der Waals surface area contributed by atoms with Gasteiger partial charge in [-0.25, -0.2) is 0 Å². The van der Waals surface area contributed by atoms with E-state index in [0.717, 1.165) is 26.1 Å². The van der Waals surface area contributed by atoms with Gasteiger partial charge in [0, 0.05) is 6.42 Å². The van der Waals surface area contributed by atoms with E-state index in [0.29, 0.717) is 18.3 Å². The fraction of sp³-hybridized carbons (Fsp3) is 0.471. The van der Waals surface area contributed by atoms with Gasteiger partial charge in [-0.1, -0.05) is 42.5 Å². The summed E-state index contributed by atoms with van der Waals surface area (Å²) < 4.78 is 5.74. The molecule has 0 saturated heterocycles. The number of nitriles is 1. The maximum atomic E-state index is 8.43. The minimum Gasteiger partial charge on any atom is -0.376 e. The molecular formula is C17H21NO. The lowest BCUT2D eigenvalue weighted by molar-refractivity contribution is 0.109. The summed E-state index contributed by atoms with van der Waals surface area (Å²) in [5.41, 5.74) is 1.24. The Labute approximate surface area is 115 Å². The first-order chi connectivity index (χ1) is 9.40. The smallest absolute Gasteiger partial charge is 0.0717 e. The van der Waals surface area contributed by atoms with Crippen LogP contribution in [0, 0.1) is 23.2 Å². The van der Waals surface area contributed by atoms with E-state index in [9.17, 15) is 0 Å². The molecule has 0 bridgehead atoms. The number of rotatable bonds is 8. The molecule has 0 N–H and O–H groups in total. The molecule has 2 heteroatoms. The average Bonchev–Trinajstić information content (AvgIpc) is 3.18. The Hall–Kier alpha value is -1.59. The van der Waals surface area contributed by atoms with Crippen LogP contribution < -0.4 is 0 Å². The van der Waals surface area contributed by atoms with Gasteiger partial charge in [0.2, 0.25) is 0 Å². The highest BCUT2D eigenvalue weighted by Gasteiger charge is 2.34.